The summed E-state index contributed by atoms with van der Waals surface area (Å²) in [5.41, 5.74) is -1.70. The molecule has 1 rings (SSSR count). The van der Waals surface area contributed by atoms with E-state index in [0.29, 0.717) is 0 Å². The summed E-state index contributed by atoms with van der Waals surface area (Å²) < 4.78 is 43.8. The van der Waals surface area contributed by atoms with E-state index in [1.54, 1.807) is 20.8 Å². The van der Waals surface area contributed by atoms with Crippen LogP contribution in [0.2, 0.25) is 0 Å². The zero-order chi connectivity index (χ0) is 22.4. The topological polar surface area (TPSA) is 117 Å². The number of hydrogen-bond donors (Lipinski definition) is 1. The number of halogens is 2. The van der Waals surface area contributed by atoms with Gasteiger partial charge >= 0.3 is 12.1 Å². The van der Waals surface area contributed by atoms with Crippen molar-refractivity contribution >= 4 is 12.1 Å². The third kappa shape index (κ3) is 7.16. The molecule has 1 aromatic rings. The van der Waals surface area contributed by atoms with Crippen molar-refractivity contribution in [1.29, 1.82) is 0 Å². The molecule has 0 heterocycles. The lowest BCUT2D eigenvalue weighted by atomic mass is 9.90. The Labute approximate surface area is 166 Å². The molecular weight excluding hydrogens is 394 g/mol. The number of nitrogens with zero attached hydrogens (tertiary/aromatic N) is 1. The number of carbonyl (C=O) groups is 2. The molecule has 2 atom stereocenters. The summed E-state index contributed by atoms with van der Waals surface area (Å²) in [5.74, 6) is -5.30. The number of carbonyl (C=O) groups excluding carboxylic acids is 2. The second-order valence-corrected chi connectivity index (χ2v) is 7.00. The fourth-order valence-electron chi connectivity index (χ4n) is 2.55. The van der Waals surface area contributed by atoms with Gasteiger partial charge in [0.05, 0.1) is 19.6 Å². The molecule has 0 saturated carbocycles. The standard InChI is InChI=1S/C18H24F2N2O7/c1-6-28-16(23)15(21-17(24)29-18(2,3)4)11(9-22(25)26)14-12(19)7-10(27-5)8-13(14)20/h7-8,11,15H,6,9H2,1-5H3,(H,21,24). The van der Waals surface area contributed by atoms with Crippen LogP contribution < -0.4 is 10.1 Å². The number of nitro groups is 1. The Kier molecular flexibility index (Phi) is 8.28. The fraction of sp³-hybridized carbons (Fsp3) is 0.556. The van der Waals surface area contributed by atoms with E-state index < -0.39 is 58.3 Å². The molecule has 0 saturated heterocycles. The average molecular weight is 418 g/mol. The highest BCUT2D eigenvalue weighted by molar-refractivity contribution is 5.82. The maximum atomic E-state index is 14.6. The lowest BCUT2D eigenvalue weighted by molar-refractivity contribution is -0.484. The van der Waals surface area contributed by atoms with Crippen molar-refractivity contribution in [3.63, 3.8) is 0 Å². The molecular formula is C18H24F2N2O7. The summed E-state index contributed by atoms with van der Waals surface area (Å²) in [4.78, 5) is 34.9. The summed E-state index contributed by atoms with van der Waals surface area (Å²) in [5, 5.41) is 13.3. The number of ether oxygens (including phenoxy) is 3. The zero-order valence-electron chi connectivity index (χ0n) is 16.8. The van der Waals surface area contributed by atoms with Crippen molar-refractivity contribution in [2.45, 2.75) is 45.3 Å². The van der Waals surface area contributed by atoms with Gasteiger partial charge in [-0.25, -0.2) is 18.4 Å². The van der Waals surface area contributed by atoms with Crippen molar-refractivity contribution in [3.05, 3.63) is 39.4 Å². The number of benzene rings is 1. The van der Waals surface area contributed by atoms with Crippen molar-refractivity contribution in [3.8, 4) is 5.75 Å². The molecule has 1 aromatic carbocycles. The number of amides is 1. The van der Waals surface area contributed by atoms with Crippen LogP contribution in [0.4, 0.5) is 13.6 Å². The third-order valence-corrected chi connectivity index (χ3v) is 3.62. The largest absolute Gasteiger partial charge is 0.497 e. The molecule has 0 aromatic heterocycles. The van der Waals surface area contributed by atoms with Gasteiger partial charge in [-0.2, -0.15) is 0 Å². The third-order valence-electron chi connectivity index (χ3n) is 3.62. The molecule has 2 unspecified atom stereocenters. The monoisotopic (exact) mass is 418 g/mol. The van der Waals surface area contributed by atoms with E-state index in [0.717, 1.165) is 12.1 Å². The lowest BCUT2D eigenvalue weighted by Crippen LogP contribution is -2.49. The van der Waals surface area contributed by atoms with Crippen LogP contribution in [-0.2, 0) is 14.3 Å². The molecule has 0 aliphatic heterocycles. The molecule has 9 nitrogen and oxygen atoms in total. The maximum absolute atomic E-state index is 14.6. The fourth-order valence-corrected chi connectivity index (χ4v) is 2.55. The SMILES string of the molecule is CCOC(=O)C(NC(=O)OC(C)(C)C)C(C[N+](=O)[O-])c1c(F)cc(OC)cc1F. The van der Waals surface area contributed by atoms with Crippen molar-refractivity contribution in [1.82, 2.24) is 5.32 Å². The van der Waals surface area contributed by atoms with E-state index in [1.165, 1.54) is 14.0 Å². The molecule has 11 heteroatoms. The van der Waals surface area contributed by atoms with Crippen LogP contribution in [-0.4, -0.2) is 48.9 Å². The van der Waals surface area contributed by atoms with Crippen LogP contribution in [0.3, 0.4) is 0 Å². The Balaban J connectivity index is 3.45. The summed E-state index contributed by atoms with van der Waals surface area (Å²) in [7, 11) is 1.19. The smallest absolute Gasteiger partial charge is 0.408 e. The molecule has 0 spiro atoms. The van der Waals surface area contributed by atoms with E-state index in [2.05, 4.69) is 5.32 Å². The highest BCUT2D eigenvalue weighted by Crippen LogP contribution is 2.30. The Morgan fingerprint density at radius 2 is 1.79 bits per heavy atom. The van der Waals surface area contributed by atoms with Gasteiger partial charge in [0.2, 0.25) is 6.54 Å². The summed E-state index contributed by atoms with van der Waals surface area (Å²) >= 11 is 0. The molecule has 1 N–H and O–H groups in total. The van der Waals surface area contributed by atoms with Crippen LogP contribution >= 0.6 is 0 Å². The van der Waals surface area contributed by atoms with Gasteiger partial charge in [-0.05, 0) is 27.7 Å². The quantitative estimate of drug-likeness (QED) is 0.392. The van der Waals surface area contributed by atoms with E-state index in [-0.39, 0.29) is 12.4 Å². The molecule has 0 fully saturated rings. The second-order valence-electron chi connectivity index (χ2n) is 7.00. The van der Waals surface area contributed by atoms with E-state index in [4.69, 9.17) is 14.2 Å². The summed E-state index contributed by atoms with van der Waals surface area (Å²) in [6.07, 6.45) is -1.10. The first-order valence-electron chi connectivity index (χ1n) is 8.70. The molecule has 162 valence electrons. The maximum Gasteiger partial charge on any atom is 0.408 e. The number of methoxy groups -OCH3 is 1. The minimum absolute atomic E-state index is 0.121. The minimum atomic E-state index is -1.77. The van der Waals surface area contributed by atoms with Gasteiger partial charge in [-0.3, -0.25) is 10.1 Å². The van der Waals surface area contributed by atoms with Crippen LogP contribution in [0, 0.1) is 21.7 Å². The summed E-state index contributed by atoms with van der Waals surface area (Å²) in [6, 6.07) is -0.130. The first-order valence-corrected chi connectivity index (χ1v) is 8.70. The zero-order valence-corrected chi connectivity index (χ0v) is 16.8. The lowest BCUT2D eigenvalue weighted by Gasteiger charge is -2.27. The number of esters is 1. The predicted molar refractivity (Wildman–Crippen MR) is 97.3 cm³/mol. The van der Waals surface area contributed by atoms with Crippen LogP contribution in [0.15, 0.2) is 12.1 Å². The van der Waals surface area contributed by atoms with Crippen LogP contribution in [0.1, 0.15) is 39.2 Å². The van der Waals surface area contributed by atoms with E-state index >= 15 is 0 Å². The number of alkyl carbamates (subject to hydrolysis) is 1. The Bertz CT molecular complexity index is 742. The average Bonchev–Trinajstić information content (AvgIpc) is 2.56. The highest BCUT2D eigenvalue weighted by atomic mass is 19.1. The van der Waals surface area contributed by atoms with E-state index in [9.17, 15) is 28.5 Å². The first kappa shape index (κ1) is 24.1. The highest BCUT2D eigenvalue weighted by Gasteiger charge is 2.40. The Morgan fingerprint density at radius 3 is 2.21 bits per heavy atom. The van der Waals surface area contributed by atoms with Crippen molar-refractivity contribution in [2.75, 3.05) is 20.3 Å². The number of rotatable bonds is 8. The number of hydrogen-bond acceptors (Lipinski definition) is 7. The van der Waals surface area contributed by atoms with Gasteiger partial charge in [-0.15, -0.1) is 0 Å². The van der Waals surface area contributed by atoms with E-state index in [1.807, 2.05) is 0 Å². The molecule has 1 amide bonds. The van der Waals surface area contributed by atoms with Crippen molar-refractivity contribution < 1.29 is 37.5 Å². The Hall–Kier alpha value is -2.98. The Morgan fingerprint density at radius 1 is 1.24 bits per heavy atom. The summed E-state index contributed by atoms with van der Waals surface area (Å²) in [6.45, 7) is 4.97. The normalized spacial score (nSPS) is 13.2. The predicted octanol–water partition coefficient (Wildman–Crippen LogP) is 2.79. The minimum Gasteiger partial charge on any atom is -0.497 e. The van der Waals surface area contributed by atoms with Crippen LogP contribution in [0.5, 0.6) is 5.75 Å². The van der Waals surface area contributed by atoms with Crippen LogP contribution in [0.25, 0.3) is 0 Å². The first-order chi connectivity index (χ1) is 13.4. The van der Waals surface area contributed by atoms with Gasteiger partial charge in [0.15, 0.2) is 0 Å². The van der Waals surface area contributed by atoms with Gasteiger partial charge in [-0.1, -0.05) is 0 Å². The second kappa shape index (κ2) is 9.99. The molecule has 0 radical (unpaired) electrons. The van der Waals surface area contributed by atoms with Gasteiger partial charge in [0, 0.05) is 22.6 Å². The molecule has 0 aliphatic rings. The van der Waals surface area contributed by atoms with Crippen molar-refractivity contribution in [2.24, 2.45) is 0 Å². The molecule has 0 bridgehead atoms. The molecule has 0 aliphatic carbocycles. The van der Waals surface area contributed by atoms with Gasteiger partial charge in [0.25, 0.3) is 0 Å². The van der Waals surface area contributed by atoms with Gasteiger partial charge in [0.1, 0.15) is 29.0 Å². The number of nitrogens with one attached hydrogen (secondary N) is 1. The molecule has 29 heavy (non-hydrogen) atoms. The van der Waals surface area contributed by atoms with Gasteiger partial charge < -0.3 is 19.5 Å².